The average molecular weight is 416 g/mol. The fourth-order valence-corrected chi connectivity index (χ4v) is 4.07. The van der Waals surface area contributed by atoms with Crippen molar-refractivity contribution in [3.05, 3.63) is 82.2 Å². The summed E-state index contributed by atoms with van der Waals surface area (Å²) in [5.74, 6) is -0.115. The number of fused-ring (bicyclic) bond motifs is 1. The molecule has 0 bridgehead atoms. The predicted molar refractivity (Wildman–Crippen MR) is 125 cm³/mol. The predicted octanol–water partition coefficient (Wildman–Crippen LogP) is 3.76. The Bertz CT molecular complexity index is 1100. The second kappa shape index (κ2) is 9.16. The highest BCUT2D eigenvalue weighted by molar-refractivity contribution is 5.86. The summed E-state index contributed by atoms with van der Waals surface area (Å²) in [6.45, 7) is 7.98. The van der Waals surface area contributed by atoms with Crippen LogP contribution in [0.2, 0.25) is 0 Å². The summed E-state index contributed by atoms with van der Waals surface area (Å²) in [7, 11) is 0. The van der Waals surface area contributed by atoms with Crippen molar-refractivity contribution in [2.45, 2.75) is 40.2 Å². The largest absolute Gasteiger partial charge is 0.362 e. The van der Waals surface area contributed by atoms with E-state index in [1.807, 2.05) is 24.6 Å². The lowest BCUT2D eigenvalue weighted by molar-refractivity contribution is -0.119. The molecule has 1 aliphatic heterocycles. The number of anilines is 1. The molecule has 0 fully saturated rings. The molecule has 0 spiro atoms. The SMILES string of the molecule is Cc1ccc(Cn2nc(C)c(/C=N\NC(=O)CN3CCCc4ccccc43)c2C)cc1. The molecule has 0 aliphatic carbocycles. The fourth-order valence-electron chi connectivity index (χ4n) is 4.07. The molecular formula is C25H29N5O. The van der Waals surface area contributed by atoms with Crippen molar-refractivity contribution in [3.63, 3.8) is 0 Å². The minimum atomic E-state index is -0.115. The van der Waals surface area contributed by atoms with Gasteiger partial charge in [-0.1, -0.05) is 48.0 Å². The van der Waals surface area contributed by atoms with Crippen LogP contribution in [0.1, 0.15) is 40.1 Å². The van der Waals surface area contributed by atoms with E-state index in [-0.39, 0.29) is 5.91 Å². The second-order valence-electron chi connectivity index (χ2n) is 8.17. The summed E-state index contributed by atoms with van der Waals surface area (Å²) in [6.07, 6.45) is 3.83. The number of benzene rings is 2. The molecule has 1 aromatic heterocycles. The van der Waals surface area contributed by atoms with Crippen molar-refractivity contribution in [3.8, 4) is 0 Å². The van der Waals surface area contributed by atoms with Gasteiger partial charge in [-0.15, -0.1) is 0 Å². The molecule has 160 valence electrons. The van der Waals surface area contributed by atoms with E-state index in [0.717, 1.165) is 42.0 Å². The minimum absolute atomic E-state index is 0.115. The van der Waals surface area contributed by atoms with E-state index in [4.69, 9.17) is 0 Å². The fraction of sp³-hybridized carbons (Fsp3) is 0.320. The minimum Gasteiger partial charge on any atom is -0.362 e. The molecule has 2 heterocycles. The van der Waals surface area contributed by atoms with E-state index in [1.165, 1.54) is 16.7 Å². The molecule has 1 N–H and O–H groups in total. The van der Waals surface area contributed by atoms with E-state index in [1.54, 1.807) is 6.21 Å². The number of hydrogen-bond donors (Lipinski definition) is 1. The van der Waals surface area contributed by atoms with Crippen molar-refractivity contribution < 1.29 is 4.79 Å². The topological polar surface area (TPSA) is 62.5 Å². The Morgan fingerprint density at radius 3 is 2.71 bits per heavy atom. The van der Waals surface area contributed by atoms with Crippen LogP contribution in [0.5, 0.6) is 0 Å². The van der Waals surface area contributed by atoms with Gasteiger partial charge in [0.2, 0.25) is 0 Å². The molecular weight excluding hydrogens is 386 g/mol. The smallest absolute Gasteiger partial charge is 0.259 e. The summed E-state index contributed by atoms with van der Waals surface area (Å²) < 4.78 is 1.98. The number of carbonyl (C=O) groups is 1. The first-order chi connectivity index (χ1) is 15.0. The van der Waals surface area contributed by atoms with Crippen molar-refractivity contribution >= 4 is 17.8 Å². The number of hydrogen-bond acceptors (Lipinski definition) is 4. The summed E-state index contributed by atoms with van der Waals surface area (Å²) in [4.78, 5) is 14.6. The van der Waals surface area contributed by atoms with Crippen LogP contribution in [0.4, 0.5) is 5.69 Å². The number of aromatic nitrogens is 2. The molecule has 0 unspecified atom stereocenters. The van der Waals surface area contributed by atoms with Crippen molar-refractivity contribution in [1.82, 2.24) is 15.2 Å². The van der Waals surface area contributed by atoms with Crippen LogP contribution in [0.15, 0.2) is 53.6 Å². The van der Waals surface area contributed by atoms with Crippen LogP contribution in [0.25, 0.3) is 0 Å². The van der Waals surface area contributed by atoms with Crippen molar-refractivity contribution in [2.24, 2.45) is 5.10 Å². The molecule has 1 amide bonds. The standard InChI is InChI=1S/C25H29N5O/c1-18-10-12-21(13-11-18)16-30-20(3)23(19(2)28-30)15-26-27-25(31)17-29-14-6-8-22-7-4-5-9-24(22)29/h4-5,7,9-13,15H,6,8,14,16-17H2,1-3H3,(H,27,31)/b26-15-. The number of hydrazone groups is 1. The summed E-state index contributed by atoms with van der Waals surface area (Å²) in [5.41, 5.74) is 10.4. The molecule has 0 radical (unpaired) electrons. The van der Waals surface area contributed by atoms with E-state index in [2.05, 4.69) is 69.9 Å². The number of para-hydroxylation sites is 1. The highest BCUT2D eigenvalue weighted by atomic mass is 16.2. The lowest BCUT2D eigenvalue weighted by Gasteiger charge is -2.30. The zero-order chi connectivity index (χ0) is 21.8. The number of rotatable bonds is 6. The van der Waals surface area contributed by atoms with Crippen LogP contribution >= 0.6 is 0 Å². The van der Waals surface area contributed by atoms with Crippen LogP contribution in [0, 0.1) is 20.8 Å². The van der Waals surface area contributed by atoms with E-state index < -0.39 is 0 Å². The third kappa shape index (κ3) is 4.85. The Hall–Kier alpha value is -3.41. The molecule has 31 heavy (non-hydrogen) atoms. The molecule has 2 aromatic carbocycles. The summed E-state index contributed by atoms with van der Waals surface area (Å²) in [6, 6.07) is 16.8. The molecule has 6 nitrogen and oxygen atoms in total. The second-order valence-corrected chi connectivity index (χ2v) is 8.17. The number of nitrogens with zero attached hydrogens (tertiary/aromatic N) is 4. The van der Waals surface area contributed by atoms with Gasteiger partial charge in [-0.25, -0.2) is 5.43 Å². The molecule has 0 saturated carbocycles. The lowest BCUT2D eigenvalue weighted by atomic mass is 10.0. The number of nitrogens with one attached hydrogen (secondary N) is 1. The van der Waals surface area contributed by atoms with Crippen LogP contribution in [0.3, 0.4) is 0 Å². The molecule has 1 aliphatic rings. The maximum Gasteiger partial charge on any atom is 0.259 e. The van der Waals surface area contributed by atoms with Crippen LogP contribution in [-0.4, -0.2) is 35.0 Å². The number of carbonyl (C=O) groups excluding carboxylic acids is 1. The van der Waals surface area contributed by atoms with E-state index >= 15 is 0 Å². The Kier molecular flexibility index (Phi) is 6.16. The van der Waals surface area contributed by atoms with Gasteiger partial charge in [0.1, 0.15) is 0 Å². The van der Waals surface area contributed by atoms with Gasteiger partial charge in [0, 0.05) is 23.5 Å². The van der Waals surface area contributed by atoms with E-state index in [9.17, 15) is 4.79 Å². The third-order valence-corrected chi connectivity index (χ3v) is 5.81. The first kappa shape index (κ1) is 20.8. The number of aryl methyl sites for hydroxylation is 3. The third-order valence-electron chi connectivity index (χ3n) is 5.81. The van der Waals surface area contributed by atoms with Crippen molar-refractivity contribution in [2.75, 3.05) is 18.0 Å². The molecule has 4 rings (SSSR count). The van der Waals surface area contributed by atoms with Gasteiger partial charge in [0.15, 0.2) is 0 Å². The number of amides is 1. The van der Waals surface area contributed by atoms with Gasteiger partial charge >= 0.3 is 0 Å². The highest BCUT2D eigenvalue weighted by Crippen LogP contribution is 2.26. The van der Waals surface area contributed by atoms with Crippen molar-refractivity contribution in [1.29, 1.82) is 0 Å². The molecule has 0 saturated heterocycles. The van der Waals surface area contributed by atoms with Gasteiger partial charge in [0.05, 0.1) is 25.0 Å². The molecule has 3 aromatic rings. The highest BCUT2D eigenvalue weighted by Gasteiger charge is 2.18. The van der Waals surface area contributed by atoms with Gasteiger partial charge in [-0.2, -0.15) is 10.2 Å². The Balaban J connectivity index is 1.38. The quantitative estimate of drug-likeness (QED) is 0.493. The van der Waals surface area contributed by atoms with Gasteiger partial charge < -0.3 is 4.90 Å². The van der Waals surface area contributed by atoms with Gasteiger partial charge in [0.25, 0.3) is 5.91 Å². The normalized spacial score (nSPS) is 13.5. The zero-order valence-corrected chi connectivity index (χ0v) is 18.4. The Morgan fingerprint density at radius 1 is 1.13 bits per heavy atom. The first-order valence-electron chi connectivity index (χ1n) is 10.8. The summed E-state index contributed by atoms with van der Waals surface area (Å²) in [5, 5.41) is 8.86. The maximum atomic E-state index is 12.5. The van der Waals surface area contributed by atoms with Gasteiger partial charge in [-0.3, -0.25) is 9.48 Å². The maximum absolute atomic E-state index is 12.5. The van der Waals surface area contributed by atoms with Crippen LogP contribution in [-0.2, 0) is 17.8 Å². The lowest BCUT2D eigenvalue weighted by Crippen LogP contribution is -2.38. The van der Waals surface area contributed by atoms with Gasteiger partial charge in [-0.05, 0) is 50.8 Å². The zero-order valence-electron chi connectivity index (χ0n) is 18.4. The molecule has 0 atom stereocenters. The Morgan fingerprint density at radius 2 is 1.90 bits per heavy atom. The first-order valence-corrected chi connectivity index (χ1v) is 10.8. The average Bonchev–Trinajstić information content (AvgIpc) is 3.03. The van der Waals surface area contributed by atoms with Crippen LogP contribution < -0.4 is 10.3 Å². The monoisotopic (exact) mass is 415 g/mol. The van der Waals surface area contributed by atoms with E-state index in [0.29, 0.717) is 13.1 Å². The summed E-state index contributed by atoms with van der Waals surface area (Å²) >= 11 is 0. The Labute approximate surface area is 183 Å². The molecule has 6 heteroatoms.